The summed E-state index contributed by atoms with van der Waals surface area (Å²) in [6.45, 7) is 6.63. The van der Waals surface area contributed by atoms with E-state index in [4.69, 9.17) is 0 Å². The van der Waals surface area contributed by atoms with Crippen LogP contribution in [0.15, 0.2) is 33.7 Å². The standard InChI is InChI=1S/C21H33BrN4O/c1-2-23-20(24-16-21(27)11-3-4-12-21)25-19-9-13-26(14-10-19)15-17-5-7-18(22)8-6-17/h5-8,19,27H,2-4,9-16H2,1H3,(H2,23,24,25). The van der Waals surface area contributed by atoms with Crippen molar-refractivity contribution < 1.29 is 5.11 Å². The largest absolute Gasteiger partial charge is 0.388 e. The third kappa shape index (κ3) is 6.47. The SMILES string of the molecule is CCNC(=NCC1(O)CCCC1)NC1CCN(Cc2ccc(Br)cc2)CC1. The number of likely N-dealkylation sites (tertiary alicyclic amines) is 1. The minimum Gasteiger partial charge on any atom is -0.388 e. The molecule has 3 rings (SSSR count). The van der Waals surface area contributed by atoms with E-state index in [1.54, 1.807) is 0 Å². The molecule has 1 aliphatic heterocycles. The number of rotatable bonds is 6. The molecule has 0 radical (unpaired) electrons. The summed E-state index contributed by atoms with van der Waals surface area (Å²) in [5, 5.41) is 17.5. The Hall–Kier alpha value is -1.11. The third-order valence-electron chi connectivity index (χ3n) is 5.66. The average molecular weight is 437 g/mol. The van der Waals surface area contributed by atoms with Gasteiger partial charge in [0.15, 0.2) is 5.96 Å². The quantitative estimate of drug-likeness (QED) is 0.472. The van der Waals surface area contributed by atoms with Crippen LogP contribution in [-0.4, -0.2) is 53.8 Å². The molecule has 1 saturated carbocycles. The zero-order valence-corrected chi connectivity index (χ0v) is 18.0. The fourth-order valence-corrected chi connectivity index (χ4v) is 4.28. The number of hydrogen-bond donors (Lipinski definition) is 3. The molecular weight excluding hydrogens is 404 g/mol. The van der Waals surface area contributed by atoms with Crippen molar-refractivity contribution in [3.63, 3.8) is 0 Å². The first kappa shape index (κ1) is 20.6. The van der Waals surface area contributed by atoms with Gasteiger partial charge in [0.25, 0.3) is 0 Å². The smallest absolute Gasteiger partial charge is 0.191 e. The number of guanidine groups is 1. The van der Waals surface area contributed by atoms with Crippen molar-refractivity contribution in [2.75, 3.05) is 26.2 Å². The van der Waals surface area contributed by atoms with Crippen LogP contribution in [0.25, 0.3) is 0 Å². The molecule has 0 atom stereocenters. The van der Waals surface area contributed by atoms with Crippen molar-refractivity contribution >= 4 is 21.9 Å². The van der Waals surface area contributed by atoms with Gasteiger partial charge in [-0.05, 0) is 50.3 Å². The van der Waals surface area contributed by atoms with Gasteiger partial charge in [-0.2, -0.15) is 0 Å². The Balaban J connectivity index is 1.46. The van der Waals surface area contributed by atoms with Crippen molar-refractivity contribution in [1.29, 1.82) is 0 Å². The van der Waals surface area contributed by atoms with E-state index in [0.29, 0.717) is 12.6 Å². The maximum atomic E-state index is 10.5. The van der Waals surface area contributed by atoms with Crippen LogP contribution >= 0.6 is 15.9 Å². The summed E-state index contributed by atoms with van der Waals surface area (Å²) in [4.78, 5) is 7.20. The second kappa shape index (κ2) is 9.89. The number of halogens is 1. The Bertz CT molecular complexity index is 605. The number of nitrogens with one attached hydrogen (secondary N) is 2. The summed E-state index contributed by atoms with van der Waals surface area (Å²) in [5.41, 5.74) is 0.778. The molecule has 1 heterocycles. The highest BCUT2D eigenvalue weighted by atomic mass is 79.9. The molecule has 27 heavy (non-hydrogen) atoms. The molecule has 3 N–H and O–H groups in total. The van der Waals surface area contributed by atoms with E-state index in [1.165, 1.54) is 5.56 Å². The van der Waals surface area contributed by atoms with E-state index in [1.807, 2.05) is 0 Å². The summed E-state index contributed by atoms with van der Waals surface area (Å²) in [6, 6.07) is 9.06. The molecule has 1 aliphatic carbocycles. The molecule has 0 unspecified atom stereocenters. The summed E-state index contributed by atoms with van der Waals surface area (Å²) in [7, 11) is 0. The molecule has 0 spiro atoms. The molecule has 1 aromatic carbocycles. The molecule has 0 amide bonds. The van der Waals surface area contributed by atoms with E-state index >= 15 is 0 Å². The van der Waals surface area contributed by atoms with E-state index < -0.39 is 5.60 Å². The Kier molecular flexibility index (Phi) is 7.56. The lowest BCUT2D eigenvalue weighted by atomic mass is 10.0. The predicted octanol–water partition coefficient (Wildman–Crippen LogP) is 3.27. The first-order valence-electron chi connectivity index (χ1n) is 10.3. The molecule has 0 aromatic heterocycles. The lowest BCUT2D eigenvalue weighted by molar-refractivity contribution is 0.0573. The van der Waals surface area contributed by atoms with Crippen molar-refractivity contribution in [1.82, 2.24) is 15.5 Å². The van der Waals surface area contributed by atoms with Crippen molar-refractivity contribution in [2.45, 2.75) is 63.6 Å². The van der Waals surface area contributed by atoms with Crippen molar-refractivity contribution in [2.24, 2.45) is 4.99 Å². The molecule has 1 saturated heterocycles. The molecule has 5 nitrogen and oxygen atoms in total. The van der Waals surface area contributed by atoms with Crippen LogP contribution in [0.1, 0.15) is 51.0 Å². The van der Waals surface area contributed by atoms with Gasteiger partial charge in [0.2, 0.25) is 0 Å². The number of benzene rings is 1. The topological polar surface area (TPSA) is 59.9 Å². The van der Waals surface area contributed by atoms with Gasteiger partial charge in [-0.25, -0.2) is 0 Å². The van der Waals surface area contributed by atoms with Gasteiger partial charge in [0.05, 0.1) is 12.1 Å². The van der Waals surface area contributed by atoms with Crippen molar-refractivity contribution in [3.05, 3.63) is 34.3 Å². The lowest BCUT2D eigenvalue weighted by Crippen LogP contribution is -2.49. The highest BCUT2D eigenvalue weighted by Gasteiger charge is 2.31. The number of nitrogens with zero attached hydrogens (tertiary/aromatic N) is 2. The van der Waals surface area contributed by atoms with Crippen LogP contribution in [0.2, 0.25) is 0 Å². The fraction of sp³-hybridized carbons (Fsp3) is 0.667. The molecule has 2 aliphatic rings. The summed E-state index contributed by atoms with van der Waals surface area (Å²) < 4.78 is 1.13. The van der Waals surface area contributed by atoms with Crippen LogP contribution < -0.4 is 10.6 Å². The maximum absolute atomic E-state index is 10.5. The zero-order chi connectivity index (χ0) is 19.1. The molecule has 0 bridgehead atoms. The van der Waals surface area contributed by atoms with E-state index in [9.17, 15) is 5.11 Å². The average Bonchev–Trinajstić information content (AvgIpc) is 3.10. The number of hydrogen-bond acceptors (Lipinski definition) is 3. The Morgan fingerprint density at radius 3 is 2.52 bits per heavy atom. The van der Waals surface area contributed by atoms with Gasteiger partial charge in [-0.1, -0.05) is 40.9 Å². The summed E-state index contributed by atoms with van der Waals surface area (Å²) in [6.07, 6.45) is 6.23. The number of piperidine rings is 1. The van der Waals surface area contributed by atoms with E-state index in [-0.39, 0.29) is 0 Å². The summed E-state index contributed by atoms with van der Waals surface area (Å²) >= 11 is 3.50. The number of aliphatic imine (C=N–C) groups is 1. The molecule has 150 valence electrons. The first-order valence-corrected chi connectivity index (χ1v) is 11.1. The monoisotopic (exact) mass is 436 g/mol. The minimum absolute atomic E-state index is 0.446. The second-order valence-corrected chi connectivity index (χ2v) is 8.86. The van der Waals surface area contributed by atoms with Crippen LogP contribution in [-0.2, 0) is 6.54 Å². The van der Waals surface area contributed by atoms with E-state index in [2.05, 4.69) is 67.6 Å². The van der Waals surface area contributed by atoms with Crippen LogP contribution in [0, 0.1) is 0 Å². The van der Waals surface area contributed by atoms with Gasteiger partial charge in [0, 0.05) is 36.7 Å². The normalized spacial score (nSPS) is 21.4. The van der Waals surface area contributed by atoms with Crippen molar-refractivity contribution in [3.8, 4) is 0 Å². The van der Waals surface area contributed by atoms with E-state index in [0.717, 1.165) is 75.1 Å². The van der Waals surface area contributed by atoms with Crippen LogP contribution in [0.4, 0.5) is 0 Å². The molecule has 1 aromatic rings. The lowest BCUT2D eigenvalue weighted by Gasteiger charge is -2.33. The molecule has 6 heteroatoms. The minimum atomic E-state index is -0.587. The highest BCUT2D eigenvalue weighted by Crippen LogP contribution is 2.29. The van der Waals surface area contributed by atoms with Crippen LogP contribution in [0.3, 0.4) is 0 Å². The number of aliphatic hydroxyl groups is 1. The van der Waals surface area contributed by atoms with Gasteiger partial charge >= 0.3 is 0 Å². The van der Waals surface area contributed by atoms with Gasteiger partial charge < -0.3 is 15.7 Å². The van der Waals surface area contributed by atoms with Crippen LogP contribution in [0.5, 0.6) is 0 Å². The fourth-order valence-electron chi connectivity index (χ4n) is 4.01. The van der Waals surface area contributed by atoms with Gasteiger partial charge in [-0.3, -0.25) is 9.89 Å². The molecule has 2 fully saturated rings. The Morgan fingerprint density at radius 2 is 1.89 bits per heavy atom. The first-order chi connectivity index (χ1) is 13.1. The maximum Gasteiger partial charge on any atom is 0.191 e. The highest BCUT2D eigenvalue weighted by molar-refractivity contribution is 9.10. The predicted molar refractivity (Wildman–Crippen MR) is 115 cm³/mol. The van der Waals surface area contributed by atoms with Gasteiger partial charge in [0.1, 0.15) is 0 Å². The Labute approximate surface area is 171 Å². The molecular formula is C21H33BrN4O. The third-order valence-corrected chi connectivity index (χ3v) is 6.19. The van der Waals surface area contributed by atoms with Gasteiger partial charge in [-0.15, -0.1) is 0 Å². The second-order valence-electron chi connectivity index (χ2n) is 7.95. The zero-order valence-electron chi connectivity index (χ0n) is 16.4. The Morgan fingerprint density at radius 1 is 1.22 bits per heavy atom. The summed E-state index contributed by atoms with van der Waals surface area (Å²) in [5.74, 6) is 0.851.